The first-order chi connectivity index (χ1) is 11.0. The van der Waals surface area contributed by atoms with Crippen LogP contribution in [0.15, 0.2) is 18.2 Å². The van der Waals surface area contributed by atoms with Crippen molar-refractivity contribution in [2.75, 3.05) is 5.32 Å². The van der Waals surface area contributed by atoms with Gasteiger partial charge in [0.05, 0.1) is 17.3 Å². The number of anilines is 1. The van der Waals surface area contributed by atoms with E-state index in [2.05, 4.69) is 20.6 Å². The summed E-state index contributed by atoms with van der Waals surface area (Å²) in [4.78, 5) is 8.73. The highest BCUT2D eigenvalue weighted by Gasteiger charge is 2.22. The Bertz CT molecular complexity index is 740. The molecule has 2 N–H and O–H groups in total. The number of hydrogen-bond acceptors (Lipinski definition) is 4. The summed E-state index contributed by atoms with van der Waals surface area (Å²) in [5.74, 6) is 0.360. The lowest BCUT2D eigenvalue weighted by molar-refractivity contribution is 0.146. The summed E-state index contributed by atoms with van der Waals surface area (Å²) in [6.45, 7) is 4.80. The molecule has 1 aliphatic rings. The van der Waals surface area contributed by atoms with Crippen LogP contribution < -0.4 is 10.6 Å². The molecule has 0 saturated heterocycles. The van der Waals surface area contributed by atoms with E-state index in [9.17, 15) is 13.2 Å². The van der Waals surface area contributed by atoms with Gasteiger partial charge in [-0.15, -0.1) is 12.4 Å². The van der Waals surface area contributed by atoms with Crippen molar-refractivity contribution in [2.24, 2.45) is 0 Å². The van der Waals surface area contributed by atoms with E-state index < -0.39 is 23.8 Å². The number of rotatable bonds is 4. The standard InChI is InChI=1S/C16H17F3N4.ClH/c1-8(10-4-3-5-11(14(10)17)15(18)19)21-16-12-6-20-7-13(12)22-9(2)23-16;/h3-5,8,15,20H,6-7H2,1-2H3,(H,21,22,23);1H. The Morgan fingerprint density at radius 3 is 2.58 bits per heavy atom. The van der Waals surface area contributed by atoms with Crippen molar-refractivity contribution in [1.82, 2.24) is 15.3 Å². The SMILES string of the molecule is Cc1nc2c(c(NC(C)c3cccc(C(F)F)c3F)n1)CNC2.Cl. The van der Waals surface area contributed by atoms with E-state index in [0.29, 0.717) is 24.7 Å². The van der Waals surface area contributed by atoms with Crippen LogP contribution in [0.5, 0.6) is 0 Å². The molecule has 1 aromatic carbocycles. The second kappa shape index (κ2) is 7.36. The lowest BCUT2D eigenvalue weighted by Gasteiger charge is -2.19. The van der Waals surface area contributed by atoms with Crippen molar-refractivity contribution in [3.63, 3.8) is 0 Å². The molecule has 1 unspecified atom stereocenters. The Hall–Kier alpha value is -1.86. The molecule has 0 fully saturated rings. The van der Waals surface area contributed by atoms with Crippen LogP contribution in [0.25, 0.3) is 0 Å². The number of benzene rings is 1. The van der Waals surface area contributed by atoms with Gasteiger partial charge in [-0.05, 0) is 13.8 Å². The van der Waals surface area contributed by atoms with Gasteiger partial charge in [0.15, 0.2) is 0 Å². The number of aryl methyl sites for hydroxylation is 1. The van der Waals surface area contributed by atoms with Crippen molar-refractivity contribution in [3.8, 4) is 0 Å². The topological polar surface area (TPSA) is 49.8 Å². The quantitative estimate of drug-likeness (QED) is 0.865. The molecule has 130 valence electrons. The molecule has 0 aliphatic carbocycles. The van der Waals surface area contributed by atoms with E-state index in [1.165, 1.54) is 12.1 Å². The molecule has 1 aromatic heterocycles. The van der Waals surface area contributed by atoms with E-state index in [4.69, 9.17) is 0 Å². The van der Waals surface area contributed by atoms with Crippen molar-refractivity contribution >= 4 is 18.2 Å². The fraction of sp³-hybridized carbons (Fsp3) is 0.375. The molecule has 8 heteroatoms. The van der Waals surface area contributed by atoms with Crippen molar-refractivity contribution in [2.45, 2.75) is 39.4 Å². The van der Waals surface area contributed by atoms with Gasteiger partial charge in [0.25, 0.3) is 6.43 Å². The molecule has 2 aromatic rings. The zero-order chi connectivity index (χ0) is 16.6. The Morgan fingerprint density at radius 1 is 1.17 bits per heavy atom. The number of aromatic nitrogens is 2. The monoisotopic (exact) mass is 358 g/mol. The second-order valence-corrected chi connectivity index (χ2v) is 5.57. The Kier molecular flexibility index (Phi) is 5.66. The summed E-state index contributed by atoms with van der Waals surface area (Å²) >= 11 is 0. The number of alkyl halides is 2. The van der Waals surface area contributed by atoms with Gasteiger partial charge in [-0.2, -0.15) is 0 Å². The minimum absolute atomic E-state index is 0. The third-order valence-corrected chi connectivity index (χ3v) is 3.91. The van der Waals surface area contributed by atoms with Gasteiger partial charge in [-0.25, -0.2) is 23.1 Å². The lowest BCUT2D eigenvalue weighted by atomic mass is 10.0. The van der Waals surface area contributed by atoms with Crippen LogP contribution in [0.2, 0.25) is 0 Å². The first-order valence-electron chi connectivity index (χ1n) is 7.37. The smallest absolute Gasteiger partial charge is 0.266 e. The van der Waals surface area contributed by atoms with Crippen molar-refractivity contribution < 1.29 is 13.2 Å². The van der Waals surface area contributed by atoms with Gasteiger partial charge >= 0.3 is 0 Å². The number of nitrogens with zero attached hydrogens (tertiary/aromatic N) is 2. The molecule has 3 rings (SSSR count). The van der Waals surface area contributed by atoms with Crippen molar-refractivity contribution in [1.29, 1.82) is 0 Å². The molecule has 0 amide bonds. The largest absolute Gasteiger partial charge is 0.363 e. The average Bonchev–Trinajstić information content (AvgIpc) is 2.95. The van der Waals surface area contributed by atoms with E-state index >= 15 is 0 Å². The predicted molar refractivity (Wildman–Crippen MR) is 88.0 cm³/mol. The molecular formula is C16H18ClF3N4. The summed E-state index contributed by atoms with van der Waals surface area (Å²) in [6.07, 6.45) is -2.84. The Balaban J connectivity index is 0.00000208. The van der Waals surface area contributed by atoms with Crippen LogP contribution in [0, 0.1) is 12.7 Å². The van der Waals surface area contributed by atoms with Gasteiger partial charge in [0, 0.05) is 24.2 Å². The van der Waals surface area contributed by atoms with Gasteiger partial charge in [0.2, 0.25) is 0 Å². The van der Waals surface area contributed by atoms with E-state index in [-0.39, 0.29) is 18.0 Å². The lowest BCUT2D eigenvalue weighted by Crippen LogP contribution is -2.14. The molecule has 0 bridgehead atoms. The van der Waals surface area contributed by atoms with E-state index in [1.807, 2.05) is 0 Å². The zero-order valence-corrected chi connectivity index (χ0v) is 14.1. The maximum Gasteiger partial charge on any atom is 0.266 e. The molecule has 4 nitrogen and oxygen atoms in total. The fourth-order valence-corrected chi connectivity index (χ4v) is 2.77. The molecule has 0 spiro atoms. The van der Waals surface area contributed by atoms with Crippen molar-refractivity contribution in [3.05, 3.63) is 52.2 Å². The number of nitrogens with one attached hydrogen (secondary N) is 2. The van der Waals surface area contributed by atoms with Crippen LogP contribution in [0.3, 0.4) is 0 Å². The van der Waals surface area contributed by atoms with Gasteiger partial charge < -0.3 is 10.6 Å². The first-order valence-corrected chi connectivity index (χ1v) is 7.37. The van der Waals surface area contributed by atoms with E-state index in [0.717, 1.165) is 17.3 Å². The highest BCUT2D eigenvalue weighted by molar-refractivity contribution is 5.85. The minimum atomic E-state index is -2.84. The predicted octanol–water partition coefficient (Wildman–Crippen LogP) is 4.06. The molecule has 0 radical (unpaired) electrons. The second-order valence-electron chi connectivity index (χ2n) is 5.57. The highest BCUT2D eigenvalue weighted by Crippen LogP contribution is 2.30. The Labute approximate surface area is 144 Å². The average molecular weight is 359 g/mol. The number of halogens is 4. The van der Waals surface area contributed by atoms with Crippen LogP contribution in [-0.2, 0) is 13.1 Å². The molecular weight excluding hydrogens is 341 g/mol. The normalized spacial score (nSPS) is 14.2. The van der Waals surface area contributed by atoms with Crippen LogP contribution in [-0.4, -0.2) is 9.97 Å². The summed E-state index contributed by atoms with van der Waals surface area (Å²) in [5.41, 5.74) is 1.46. The summed E-state index contributed by atoms with van der Waals surface area (Å²) in [6, 6.07) is 3.56. The molecule has 1 aliphatic heterocycles. The highest BCUT2D eigenvalue weighted by atomic mass is 35.5. The van der Waals surface area contributed by atoms with Gasteiger partial charge in [-0.3, -0.25) is 0 Å². The third-order valence-electron chi connectivity index (χ3n) is 3.91. The maximum absolute atomic E-state index is 14.3. The molecule has 2 heterocycles. The molecule has 24 heavy (non-hydrogen) atoms. The van der Waals surface area contributed by atoms with E-state index in [1.54, 1.807) is 13.8 Å². The molecule has 0 saturated carbocycles. The first kappa shape index (κ1) is 18.5. The fourth-order valence-electron chi connectivity index (χ4n) is 2.77. The summed E-state index contributed by atoms with van der Waals surface area (Å²) in [5, 5.41) is 6.32. The Morgan fingerprint density at radius 2 is 1.88 bits per heavy atom. The van der Waals surface area contributed by atoms with Crippen LogP contribution in [0.4, 0.5) is 19.0 Å². The van der Waals surface area contributed by atoms with Crippen LogP contribution in [0.1, 0.15) is 47.6 Å². The van der Waals surface area contributed by atoms with Gasteiger partial charge in [0.1, 0.15) is 17.5 Å². The molecule has 1 atom stereocenters. The zero-order valence-electron chi connectivity index (χ0n) is 13.2. The van der Waals surface area contributed by atoms with Gasteiger partial charge in [-0.1, -0.05) is 18.2 Å². The number of fused-ring (bicyclic) bond motifs is 1. The van der Waals surface area contributed by atoms with Crippen LogP contribution >= 0.6 is 12.4 Å². The number of hydrogen-bond donors (Lipinski definition) is 2. The third kappa shape index (κ3) is 3.47. The summed E-state index contributed by atoms with van der Waals surface area (Å²) < 4.78 is 39.9. The summed E-state index contributed by atoms with van der Waals surface area (Å²) in [7, 11) is 0. The minimum Gasteiger partial charge on any atom is -0.363 e. The maximum atomic E-state index is 14.3.